The number of amides is 1. The normalized spacial score (nSPS) is 16.7. The summed E-state index contributed by atoms with van der Waals surface area (Å²) in [5.41, 5.74) is 0.541. The molecule has 1 aliphatic rings. The molecule has 0 bridgehead atoms. The Bertz CT molecular complexity index is 864. The summed E-state index contributed by atoms with van der Waals surface area (Å²) in [5, 5.41) is 16.5. The summed E-state index contributed by atoms with van der Waals surface area (Å²) in [6.07, 6.45) is -0.878. The van der Waals surface area contributed by atoms with Crippen molar-refractivity contribution in [3.05, 3.63) is 61.8 Å². The number of ether oxygens (including phenoxy) is 1. The molecule has 10 heteroatoms. The van der Waals surface area contributed by atoms with Crippen molar-refractivity contribution >= 4 is 40.9 Å². The molecular weight excluding hydrogens is 361 g/mol. The number of benzene rings is 1. The molecule has 1 atom stereocenters. The van der Waals surface area contributed by atoms with Gasteiger partial charge in [-0.05, 0) is 18.2 Å². The summed E-state index contributed by atoms with van der Waals surface area (Å²) < 4.78 is 10.7. The zero-order chi connectivity index (χ0) is 17.4. The van der Waals surface area contributed by atoms with Gasteiger partial charge >= 0.3 is 5.88 Å². The number of halogens is 2. The zero-order valence-corrected chi connectivity index (χ0v) is 13.6. The number of rotatable bonds is 3. The second-order valence-electron chi connectivity index (χ2n) is 4.81. The van der Waals surface area contributed by atoms with Gasteiger partial charge in [-0.2, -0.15) is 5.01 Å². The van der Waals surface area contributed by atoms with Gasteiger partial charge in [0, 0.05) is 12.5 Å². The highest BCUT2D eigenvalue weighted by atomic mass is 35.5. The van der Waals surface area contributed by atoms with Crippen LogP contribution in [-0.4, -0.2) is 21.7 Å². The molecule has 3 rings (SSSR count). The van der Waals surface area contributed by atoms with Crippen LogP contribution in [-0.2, 0) is 9.53 Å². The summed E-state index contributed by atoms with van der Waals surface area (Å²) in [6, 6.07) is 7.26. The largest absolute Gasteiger partial charge is 0.443 e. The second kappa shape index (κ2) is 6.14. The summed E-state index contributed by atoms with van der Waals surface area (Å²) in [4.78, 5) is 21.8. The summed E-state index contributed by atoms with van der Waals surface area (Å²) in [5.74, 6) is -0.851. The van der Waals surface area contributed by atoms with Crippen molar-refractivity contribution in [3.8, 4) is 0 Å². The molecule has 124 valence electrons. The van der Waals surface area contributed by atoms with Crippen molar-refractivity contribution in [3.63, 3.8) is 0 Å². The monoisotopic (exact) mass is 369 g/mol. The van der Waals surface area contributed by atoms with Crippen molar-refractivity contribution < 1.29 is 18.9 Å². The number of carbonyl (C=O) groups is 1. The van der Waals surface area contributed by atoms with E-state index in [1.807, 2.05) is 0 Å². The van der Waals surface area contributed by atoms with Crippen molar-refractivity contribution in [1.82, 2.24) is 5.01 Å². The van der Waals surface area contributed by atoms with Gasteiger partial charge in [0.25, 0.3) is 5.90 Å². The maximum atomic E-state index is 11.8. The first kappa shape index (κ1) is 16.3. The molecule has 0 fully saturated rings. The molecule has 24 heavy (non-hydrogen) atoms. The van der Waals surface area contributed by atoms with Gasteiger partial charge in [0.15, 0.2) is 5.76 Å². The Morgan fingerprint density at radius 3 is 2.62 bits per heavy atom. The molecule has 0 radical (unpaired) electrons. The molecule has 1 aromatic heterocycles. The van der Waals surface area contributed by atoms with E-state index in [1.54, 1.807) is 18.2 Å². The highest BCUT2D eigenvalue weighted by Crippen LogP contribution is 2.34. The topological polar surface area (TPSA) is 98.2 Å². The molecule has 0 N–H and O–H groups in total. The summed E-state index contributed by atoms with van der Waals surface area (Å²) in [6.45, 7) is 1.31. The Balaban J connectivity index is 1.94. The van der Waals surface area contributed by atoms with Crippen LogP contribution >= 0.6 is 23.2 Å². The molecular formula is C14H9Cl2N3O5. The lowest BCUT2D eigenvalue weighted by Gasteiger charge is -2.19. The van der Waals surface area contributed by atoms with Crippen LogP contribution in [0, 0.1) is 10.1 Å². The van der Waals surface area contributed by atoms with Crippen molar-refractivity contribution in [2.45, 2.75) is 13.2 Å². The van der Waals surface area contributed by atoms with E-state index in [0.717, 1.165) is 5.01 Å². The molecule has 2 aromatic rings. The average Bonchev–Trinajstić information content (AvgIpc) is 3.16. The van der Waals surface area contributed by atoms with Crippen LogP contribution < -0.4 is 0 Å². The molecule has 0 saturated carbocycles. The standard InChI is InChI=1S/C14H9Cl2N3O5/c1-7(20)18-14(8-2-3-9(15)10(16)6-8)24-13(17-18)11-4-5-12(23-11)19(21)22/h2-6,14H,1H3/t14-/m1/s1. The third-order valence-electron chi connectivity index (χ3n) is 3.18. The molecule has 0 spiro atoms. The predicted molar refractivity (Wildman–Crippen MR) is 84.7 cm³/mol. The van der Waals surface area contributed by atoms with Crippen LogP contribution in [0.3, 0.4) is 0 Å². The lowest BCUT2D eigenvalue weighted by atomic mass is 10.2. The fourth-order valence-corrected chi connectivity index (χ4v) is 2.39. The quantitative estimate of drug-likeness (QED) is 0.606. The minimum atomic E-state index is -0.878. The van der Waals surface area contributed by atoms with Gasteiger partial charge in [-0.3, -0.25) is 14.9 Å². The van der Waals surface area contributed by atoms with Gasteiger partial charge < -0.3 is 9.15 Å². The van der Waals surface area contributed by atoms with E-state index in [4.69, 9.17) is 32.4 Å². The summed E-state index contributed by atoms with van der Waals surface area (Å²) in [7, 11) is 0. The third kappa shape index (κ3) is 2.93. The van der Waals surface area contributed by atoms with E-state index in [-0.39, 0.29) is 17.6 Å². The number of nitro groups is 1. The smallest absolute Gasteiger partial charge is 0.433 e. The first-order valence-electron chi connectivity index (χ1n) is 6.61. The van der Waals surface area contributed by atoms with Gasteiger partial charge in [-0.25, -0.2) is 0 Å². The number of furan rings is 1. The van der Waals surface area contributed by atoms with E-state index in [9.17, 15) is 14.9 Å². The average molecular weight is 370 g/mol. The van der Waals surface area contributed by atoms with Crippen LogP contribution in [0.15, 0.2) is 39.9 Å². The molecule has 0 aliphatic carbocycles. The molecule has 0 saturated heterocycles. The fourth-order valence-electron chi connectivity index (χ4n) is 2.09. The van der Waals surface area contributed by atoms with Crippen LogP contribution in [0.5, 0.6) is 0 Å². The minimum Gasteiger partial charge on any atom is -0.443 e. The van der Waals surface area contributed by atoms with Gasteiger partial charge in [0.05, 0.1) is 16.1 Å². The lowest BCUT2D eigenvalue weighted by Crippen LogP contribution is -2.25. The first-order chi connectivity index (χ1) is 11.4. The van der Waals surface area contributed by atoms with Crippen molar-refractivity contribution in [2.75, 3.05) is 0 Å². The predicted octanol–water partition coefficient (Wildman–Crippen LogP) is 3.73. The number of nitrogens with zero attached hydrogens (tertiary/aromatic N) is 3. The maximum Gasteiger partial charge on any atom is 0.433 e. The molecule has 0 unspecified atom stereocenters. The summed E-state index contributed by atoms with van der Waals surface area (Å²) >= 11 is 11.9. The zero-order valence-electron chi connectivity index (χ0n) is 12.1. The van der Waals surface area contributed by atoms with Crippen molar-refractivity contribution in [2.24, 2.45) is 5.10 Å². The first-order valence-corrected chi connectivity index (χ1v) is 7.37. The van der Waals surface area contributed by atoms with E-state index in [0.29, 0.717) is 15.6 Å². The van der Waals surface area contributed by atoms with E-state index in [1.165, 1.54) is 19.1 Å². The van der Waals surface area contributed by atoms with Gasteiger partial charge in [-0.15, -0.1) is 5.10 Å². The van der Waals surface area contributed by atoms with Crippen LogP contribution in [0.2, 0.25) is 10.0 Å². The molecule has 2 heterocycles. The number of hydrogen-bond donors (Lipinski definition) is 0. The molecule has 1 aromatic carbocycles. The SMILES string of the molecule is CC(=O)N1N=C(c2ccc([N+](=O)[O-])o2)O[C@@H]1c1ccc(Cl)c(Cl)c1. The number of carbonyl (C=O) groups excluding carboxylic acids is 1. The van der Waals surface area contributed by atoms with E-state index in [2.05, 4.69) is 5.10 Å². The maximum absolute atomic E-state index is 11.8. The fraction of sp³-hybridized carbons (Fsp3) is 0.143. The van der Waals surface area contributed by atoms with Crippen LogP contribution in [0.4, 0.5) is 5.88 Å². The molecule has 8 nitrogen and oxygen atoms in total. The van der Waals surface area contributed by atoms with Gasteiger partial charge in [-0.1, -0.05) is 29.3 Å². The van der Waals surface area contributed by atoms with E-state index >= 15 is 0 Å². The minimum absolute atomic E-state index is 0.0375. The highest BCUT2D eigenvalue weighted by molar-refractivity contribution is 6.42. The lowest BCUT2D eigenvalue weighted by molar-refractivity contribution is -0.402. The second-order valence-corrected chi connectivity index (χ2v) is 5.62. The van der Waals surface area contributed by atoms with Crippen molar-refractivity contribution in [1.29, 1.82) is 0 Å². The Morgan fingerprint density at radius 1 is 1.29 bits per heavy atom. The van der Waals surface area contributed by atoms with Gasteiger partial charge in [0.2, 0.25) is 12.1 Å². The highest BCUT2D eigenvalue weighted by Gasteiger charge is 2.35. The Labute approximate surface area is 145 Å². The Hall–Kier alpha value is -2.58. The van der Waals surface area contributed by atoms with Crippen LogP contribution in [0.1, 0.15) is 24.5 Å². The van der Waals surface area contributed by atoms with Crippen LogP contribution in [0.25, 0.3) is 0 Å². The Morgan fingerprint density at radius 2 is 2.04 bits per heavy atom. The molecule has 1 aliphatic heterocycles. The third-order valence-corrected chi connectivity index (χ3v) is 3.92. The number of hydrazone groups is 1. The van der Waals surface area contributed by atoms with Gasteiger partial charge in [0.1, 0.15) is 4.92 Å². The Kier molecular flexibility index (Phi) is 4.16. The number of hydrogen-bond acceptors (Lipinski definition) is 6. The van der Waals surface area contributed by atoms with E-state index < -0.39 is 17.0 Å². The molecule has 1 amide bonds.